The summed E-state index contributed by atoms with van der Waals surface area (Å²) in [4.78, 5) is 104. The monoisotopic (exact) mass is 1140 g/mol. The Labute approximate surface area is 475 Å². The van der Waals surface area contributed by atoms with Gasteiger partial charge in [0.1, 0.15) is 36.4 Å². The van der Waals surface area contributed by atoms with E-state index in [1.807, 2.05) is 52.0 Å². The molecule has 2 aromatic carbocycles. The van der Waals surface area contributed by atoms with E-state index in [0.717, 1.165) is 10.6 Å². The van der Waals surface area contributed by atoms with Crippen molar-refractivity contribution in [3.63, 3.8) is 0 Å². The summed E-state index contributed by atoms with van der Waals surface area (Å²) in [6.07, 6.45) is 0.696. The number of carboxylic acid groups (broad SMARTS) is 1. The van der Waals surface area contributed by atoms with Crippen molar-refractivity contribution in [2.24, 2.45) is 29.6 Å². The number of carbonyl (C=O) groups excluding carboxylic acids is 6. The van der Waals surface area contributed by atoms with Gasteiger partial charge in [-0.1, -0.05) is 128 Å². The van der Waals surface area contributed by atoms with Crippen LogP contribution in [0.5, 0.6) is 0 Å². The molecule has 1 aliphatic heterocycles. The summed E-state index contributed by atoms with van der Waals surface area (Å²) in [6.45, 7) is 17.5. The number of pyridine rings is 1. The van der Waals surface area contributed by atoms with E-state index in [2.05, 4.69) is 34.8 Å². The third kappa shape index (κ3) is 19.4. The first kappa shape index (κ1) is 65.6. The van der Waals surface area contributed by atoms with Crippen LogP contribution in [0.15, 0.2) is 84.0 Å². The molecule has 19 nitrogen and oxygen atoms in total. The van der Waals surface area contributed by atoms with Crippen molar-refractivity contribution in [1.82, 2.24) is 30.3 Å². The van der Waals surface area contributed by atoms with Gasteiger partial charge in [-0.05, 0) is 82.7 Å². The number of anilines is 1. The molecule has 79 heavy (non-hydrogen) atoms. The first-order chi connectivity index (χ1) is 37.5. The van der Waals surface area contributed by atoms with Gasteiger partial charge in [0.05, 0.1) is 41.9 Å². The minimum Gasteiger partial charge on any atom is -0.480 e. The summed E-state index contributed by atoms with van der Waals surface area (Å²) < 4.78 is 23.2. The second-order valence-electron chi connectivity index (χ2n) is 21.3. The Morgan fingerprint density at radius 3 is 2.03 bits per heavy atom. The highest BCUT2D eigenvalue weighted by atomic mass is 33.1. The number of amides is 6. The number of aliphatic carboxylic acids is 1. The van der Waals surface area contributed by atoms with Crippen LogP contribution in [-0.4, -0.2) is 156 Å². The van der Waals surface area contributed by atoms with Crippen molar-refractivity contribution in [2.45, 2.75) is 154 Å². The number of rotatable bonds is 30. The maximum absolute atomic E-state index is 14.7. The zero-order valence-electron chi connectivity index (χ0n) is 48.2. The lowest BCUT2D eigenvalue weighted by atomic mass is 9.89. The largest absolute Gasteiger partial charge is 0.480 e. The maximum atomic E-state index is 14.7. The minimum absolute atomic E-state index is 0.0332. The number of carboxylic acids is 1. The molecule has 10 atom stereocenters. The van der Waals surface area contributed by atoms with Crippen LogP contribution >= 0.6 is 21.6 Å². The van der Waals surface area contributed by atoms with Crippen LogP contribution in [0.25, 0.3) is 0 Å². The van der Waals surface area contributed by atoms with E-state index in [4.69, 9.17) is 18.9 Å². The van der Waals surface area contributed by atoms with Gasteiger partial charge in [-0.15, -0.1) is 0 Å². The average molecular weight is 1140 g/mol. The standard InChI is InChI=1S/C58H85N7O12S2/c1-14-38(8)51(45(74-12)32-48(66)65-30-20-23-44(65)52(75-13)39(9)53(67)61-43(56(70)71)31-40-21-16-15-17-22-40)63(10)55(69)49(36(4)5)62-54(68)50(37(6)7)64(11)58(73)77-33-41-25-27-42(28-26-41)60-57(72)76-34-46(35(2)3)78-79-47-24-18-19-29-59-47/h15-19,21-22,24-29,35-39,43-46,49-52H,14,20,23,30-34H2,1-13H3,(H,60,72)(H,61,67)(H,62,68)(H,70,71)/t38-,39+,43-,44-,45+,46-,49-,50-,51-,52+/m0/s1. The molecule has 1 aromatic heterocycles. The topological polar surface area (TPSA) is 235 Å². The molecule has 1 aliphatic rings. The summed E-state index contributed by atoms with van der Waals surface area (Å²) in [5.74, 6) is -4.38. The highest BCUT2D eigenvalue weighted by molar-refractivity contribution is 8.76. The summed E-state index contributed by atoms with van der Waals surface area (Å²) >= 11 is 0. The number of hydrogen-bond acceptors (Lipinski definition) is 14. The third-order valence-corrected chi connectivity index (χ3v) is 17.6. The predicted octanol–water partition coefficient (Wildman–Crippen LogP) is 8.56. The number of likely N-dealkylation sites (tertiary alicyclic amines) is 1. The van der Waals surface area contributed by atoms with Gasteiger partial charge < -0.3 is 44.5 Å². The fraction of sp³-hybridized carbons (Fsp3) is 0.586. The van der Waals surface area contributed by atoms with E-state index in [-0.39, 0.29) is 60.9 Å². The number of nitrogens with one attached hydrogen (secondary N) is 3. The molecule has 0 radical (unpaired) electrons. The number of likely N-dealkylation sites (N-methyl/N-ethyl adjacent to an activating group) is 2. The van der Waals surface area contributed by atoms with Gasteiger partial charge in [-0.2, -0.15) is 0 Å². The van der Waals surface area contributed by atoms with Crippen LogP contribution in [-0.2, 0) is 55.9 Å². The molecule has 21 heteroatoms. The van der Waals surface area contributed by atoms with Crippen molar-refractivity contribution < 1.29 is 57.6 Å². The first-order valence-electron chi connectivity index (χ1n) is 27.2. The zero-order chi connectivity index (χ0) is 58.5. The van der Waals surface area contributed by atoms with Crippen molar-refractivity contribution in [3.8, 4) is 0 Å². The van der Waals surface area contributed by atoms with Gasteiger partial charge in [0, 0.05) is 53.2 Å². The maximum Gasteiger partial charge on any atom is 0.411 e. The number of methoxy groups -OCH3 is 2. The van der Waals surface area contributed by atoms with Gasteiger partial charge in [0.25, 0.3) is 0 Å². The summed E-state index contributed by atoms with van der Waals surface area (Å²) in [7, 11) is 9.22. The number of aromatic nitrogens is 1. The molecule has 1 fully saturated rings. The lowest BCUT2D eigenvalue weighted by molar-refractivity contribution is -0.148. The predicted molar refractivity (Wildman–Crippen MR) is 307 cm³/mol. The van der Waals surface area contributed by atoms with E-state index in [1.165, 1.54) is 37.0 Å². The Morgan fingerprint density at radius 1 is 0.785 bits per heavy atom. The van der Waals surface area contributed by atoms with E-state index in [1.54, 1.807) is 103 Å². The summed E-state index contributed by atoms with van der Waals surface area (Å²) in [5.41, 5.74) is 1.88. The highest BCUT2D eigenvalue weighted by Gasteiger charge is 2.44. The Bertz CT molecular complexity index is 2420. The fourth-order valence-corrected chi connectivity index (χ4v) is 12.4. The van der Waals surface area contributed by atoms with Crippen LogP contribution in [0, 0.1) is 29.6 Å². The van der Waals surface area contributed by atoms with Crippen molar-refractivity contribution in [3.05, 3.63) is 90.1 Å². The van der Waals surface area contributed by atoms with Crippen molar-refractivity contribution in [2.75, 3.05) is 46.8 Å². The minimum atomic E-state index is -1.17. The van der Waals surface area contributed by atoms with Crippen LogP contribution in [0.2, 0.25) is 0 Å². The van der Waals surface area contributed by atoms with Gasteiger partial charge >= 0.3 is 18.2 Å². The van der Waals surface area contributed by atoms with E-state index >= 15 is 0 Å². The van der Waals surface area contributed by atoms with Crippen LogP contribution in [0.4, 0.5) is 15.3 Å². The number of hydrogen-bond donors (Lipinski definition) is 4. The molecule has 0 aliphatic carbocycles. The van der Waals surface area contributed by atoms with Crippen LogP contribution in [0.1, 0.15) is 99.1 Å². The first-order valence-corrected chi connectivity index (χ1v) is 29.4. The Kier molecular flexibility index (Phi) is 26.9. The zero-order valence-corrected chi connectivity index (χ0v) is 49.8. The number of carbonyl (C=O) groups is 7. The summed E-state index contributed by atoms with van der Waals surface area (Å²) in [6, 6.07) is 17.2. The van der Waals surface area contributed by atoms with E-state index < -0.39 is 84.2 Å². The summed E-state index contributed by atoms with van der Waals surface area (Å²) in [5, 5.41) is 19.2. The normalized spacial score (nSPS) is 16.9. The lowest BCUT2D eigenvalue weighted by Gasteiger charge is -2.41. The highest BCUT2D eigenvalue weighted by Crippen LogP contribution is 2.36. The van der Waals surface area contributed by atoms with E-state index in [0.29, 0.717) is 37.1 Å². The van der Waals surface area contributed by atoms with E-state index in [9.17, 15) is 38.7 Å². The number of nitrogens with zero attached hydrogens (tertiary/aromatic N) is 4. The molecule has 4 N–H and O–H groups in total. The Morgan fingerprint density at radius 2 is 1.46 bits per heavy atom. The Hall–Kier alpha value is -5.90. The molecule has 0 unspecified atom stereocenters. The molecular weight excluding hydrogens is 1050 g/mol. The number of ether oxygens (including phenoxy) is 4. The van der Waals surface area contributed by atoms with Crippen LogP contribution < -0.4 is 16.0 Å². The molecule has 4 rings (SSSR count). The van der Waals surface area contributed by atoms with Crippen molar-refractivity contribution >= 4 is 69.1 Å². The molecule has 0 bridgehead atoms. The van der Waals surface area contributed by atoms with Gasteiger partial charge in [-0.25, -0.2) is 19.4 Å². The van der Waals surface area contributed by atoms with Gasteiger partial charge in [0.15, 0.2) is 0 Å². The van der Waals surface area contributed by atoms with Gasteiger partial charge in [0.2, 0.25) is 23.6 Å². The molecule has 6 amide bonds. The molecular formula is C58H85N7O12S2. The molecule has 1 saturated heterocycles. The smallest absolute Gasteiger partial charge is 0.411 e. The molecule has 436 valence electrons. The second-order valence-corrected chi connectivity index (χ2v) is 23.8. The number of benzene rings is 2. The lowest BCUT2D eigenvalue weighted by Crippen LogP contribution is -2.60. The SMILES string of the molecule is CC[C@H](C)[C@@H]([C@@H](CC(=O)N1CCC[C@H]1[C@H](OC)[C@@H](C)C(=O)N[C@@H](Cc1ccccc1)C(=O)O)OC)N(C)C(=O)[C@@H](NC(=O)[C@H](C(C)C)N(C)C(=O)OCc1ccc(NC(=O)OC[C@H](SSc2ccccn2)C(C)C)cc1)C(C)C. The molecule has 0 spiro atoms. The quantitative estimate of drug-likeness (QED) is 0.0458. The fourth-order valence-electron chi connectivity index (χ4n) is 9.75. The van der Waals surface area contributed by atoms with Gasteiger partial charge in [-0.3, -0.25) is 29.4 Å². The third-order valence-electron chi connectivity index (χ3n) is 14.6. The average Bonchev–Trinajstić information content (AvgIpc) is 3.93. The molecule has 0 saturated carbocycles. The Balaban J connectivity index is 1.37. The molecule has 3 aromatic rings. The molecule has 2 heterocycles. The van der Waals surface area contributed by atoms with Crippen molar-refractivity contribution in [1.29, 1.82) is 0 Å². The second kappa shape index (κ2) is 32.4. The van der Waals surface area contributed by atoms with Crippen LogP contribution in [0.3, 0.4) is 0 Å².